The van der Waals surface area contributed by atoms with Crippen LogP contribution in [-0.2, 0) is 21.1 Å². The van der Waals surface area contributed by atoms with E-state index in [0.717, 1.165) is 6.26 Å². The Morgan fingerprint density at radius 1 is 1.21 bits per heavy atom. The highest BCUT2D eigenvalue weighted by Gasteiger charge is 2.12. The van der Waals surface area contributed by atoms with E-state index >= 15 is 0 Å². The van der Waals surface area contributed by atoms with Gasteiger partial charge in [-0.1, -0.05) is 24.3 Å². The Bertz CT molecular complexity index is 1140. The number of amides is 1. The number of sulfone groups is 1. The highest BCUT2D eigenvalue weighted by Crippen LogP contribution is 2.27. The van der Waals surface area contributed by atoms with E-state index in [9.17, 15) is 23.3 Å². The molecule has 1 N–H and O–H groups in total. The maximum atomic E-state index is 12.2. The van der Waals surface area contributed by atoms with Gasteiger partial charge in [-0.05, 0) is 17.7 Å². The predicted octanol–water partition coefficient (Wildman–Crippen LogP) is 3.30. The second-order valence-electron chi connectivity index (χ2n) is 5.99. The summed E-state index contributed by atoms with van der Waals surface area (Å²) in [5.41, 5.74) is 1.75. The third-order valence-corrected chi connectivity index (χ3v) is 5.71. The lowest BCUT2D eigenvalue weighted by Crippen LogP contribution is -2.14. The van der Waals surface area contributed by atoms with Crippen molar-refractivity contribution >= 4 is 37.9 Å². The Kier molecular flexibility index (Phi) is 5.52. The fraction of sp³-hybridized carbons (Fsp3) is 0.111. The van der Waals surface area contributed by atoms with Gasteiger partial charge in [-0.15, -0.1) is 11.3 Å². The van der Waals surface area contributed by atoms with E-state index in [1.807, 2.05) is 0 Å². The predicted molar refractivity (Wildman–Crippen MR) is 106 cm³/mol. The summed E-state index contributed by atoms with van der Waals surface area (Å²) in [5.74, 6) is -0.299. The quantitative estimate of drug-likeness (QED) is 0.485. The number of aromatic nitrogens is 1. The number of thiazole rings is 1. The van der Waals surface area contributed by atoms with E-state index in [4.69, 9.17) is 0 Å². The van der Waals surface area contributed by atoms with Crippen molar-refractivity contribution in [3.8, 4) is 11.3 Å². The number of carbonyl (C=O) groups excluding carboxylic acids is 1. The van der Waals surface area contributed by atoms with Crippen molar-refractivity contribution in [2.45, 2.75) is 11.3 Å². The van der Waals surface area contributed by atoms with Gasteiger partial charge in [0.05, 0.1) is 21.9 Å². The average molecular weight is 417 g/mol. The van der Waals surface area contributed by atoms with Crippen molar-refractivity contribution in [2.75, 3.05) is 11.6 Å². The SMILES string of the molecule is CS(=O)(=O)c1ccc(CC(=O)Nc2nc(-c3cccc([N+](=O)[O-])c3)cs2)cc1. The van der Waals surface area contributed by atoms with Crippen LogP contribution in [0, 0.1) is 10.1 Å². The number of anilines is 1. The number of benzene rings is 2. The van der Waals surface area contributed by atoms with Crippen LogP contribution in [-0.4, -0.2) is 30.5 Å². The molecule has 10 heteroatoms. The van der Waals surface area contributed by atoms with E-state index in [0.29, 0.717) is 22.0 Å². The van der Waals surface area contributed by atoms with Gasteiger partial charge in [0.25, 0.3) is 5.69 Å². The normalized spacial score (nSPS) is 11.2. The zero-order valence-corrected chi connectivity index (χ0v) is 16.3. The van der Waals surface area contributed by atoms with Crippen molar-refractivity contribution < 1.29 is 18.1 Å². The smallest absolute Gasteiger partial charge is 0.270 e. The molecule has 8 nitrogen and oxygen atoms in total. The molecule has 1 heterocycles. The van der Waals surface area contributed by atoms with E-state index in [2.05, 4.69) is 10.3 Å². The molecule has 3 aromatic rings. The van der Waals surface area contributed by atoms with Crippen molar-refractivity contribution in [1.82, 2.24) is 4.98 Å². The molecule has 28 heavy (non-hydrogen) atoms. The first kappa shape index (κ1) is 19.6. The number of nitro groups is 1. The lowest BCUT2D eigenvalue weighted by Gasteiger charge is -2.03. The lowest BCUT2D eigenvalue weighted by atomic mass is 10.1. The van der Waals surface area contributed by atoms with Gasteiger partial charge in [0.2, 0.25) is 5.91 Å². The molecule has 1 aromatic heterocycles. The van der Waals surface area contributed by atoms with Crippen molar-refractivity contribution in [3.05, 3.63) is 69.6 Å². The number of rotatable bonds is 6. The summed E-state index contributed by atoms with van der Waals surface area (Å²) >= 11 is 1.21. The summed E-state index contributed by atoms with van der Waals surface area (Å²) in [6.07, 6.45) is 1.19. The second kappa shape index (κ2) is 7.87. The molecule has 144 valence electrons. The lowest BCUT2D eigenvalue weighted by molar-refractivity contribution is -0.384. The van der Waals surface area contributed by atoms with Gasteiger partial charge in [-0.3, -0.25) is 14.9 Å². The van der Waals surface area contributed by atoms with E-state index < -0.39 is 14.8 Å². The molecule has 2 aromatic carbocycles. The first-order valence-electron chi connectivity index (χ1n) is 8.01. The largest absolute Gasteiger partial charge is 0.302 e. The molecule has 0 bridgehead atoms. The number of hydrogen-bond donors (Lipinski definition) is 1. The highest BCUT2D eigenvalue weighted by molar-refractivity contribution is 7.90. The summed E-state index contributed by atoms with van der Waals surface area (Å²) in [6, 6.07) is 12.2. The van der Waals surface area contributed by atoms with Gasteiger partial charge < -0.3 is 5.32 Å². The van der Waals surface area contributed by atoms with Gasteiger partial charge in [-0.25, -0.2) is 13.4 Å². The summed E-state index contributed by atoms with van der Waals surface area (Å²) in [5, 5.41) is 15.6. The molecular weight excluding hydrogens is 402 g/mol. The Morgan fingerprint density at radius 3 is 2.57 bits per heavy atom. The van der Waals surface area contributed by atoms with Gasteiger partial charge in [0.15, 0.2) is 15.0 Å². The first-order chi connectivity index (χ1) is 13.2. The number of hydrogen-bond acceptors (Lipinski definition) is 7. The molecule has 0 aliphatic carbocycles. The number of non-ortho nitro benzene ring substituents is 1. The van der Waals surface area contributed by atoms with Crippen LogP contribution in [0.15, 0.2) is 58.8 Å². The number of nitrogens with zero attached hydrogens (tertiary/aromatic N) is 2. The highest BCUT2D eigenvalue weighted by atomic mass is 32.2. The van der Waals surface area contributed by atoms with E-state index in [1.54, 1.807) is 29.6 Å². The fourth-order valence-corrected chi connectivity index (χ4v) is 3.81. The zero-order valence-electron chi connectivity index (χ0n) is 14.7. The minimum Gasteiger partial charge on any atom is -0.302 e. The number of nitro benzene ring substituents is 1. The molecular formula is C18H15N3O5S2. The van der Waals surface area contributed by atoms with Gasteiger partial charge in [-0.2, -0.15) is 0 Å². The summed E-state index contributed by atoms with van der Waals surface area (Å²) < 4.78 is 22.9. The van der Waals surface area contributed by atoms with Crippen molar-refractivity contribution in [3.63, 3.8) is 0 Å². The summed E-state index contributed by atoms with van der Waals surface area (Å²) in [4.78, 5) is 27.1. The molecule has 0 aliphatic rings. The van der Waals surface area contributed by atoms with Crippen LogP contribution in [0.3, 0.4) is 0 Å². The molecule has 0 spiro atoms. The third kappa shape index (κ3) is 4.78. The van der Waals surface area contributed by atoms with Crippen LogP contribution >= 0.6 is 11.3 Å². The molecule has 0 atom stereocenters. The maximum absolute atomic E-state index is 12.2. The Labute approximate surface area is 164 Å². The third-order valence-electron chi connectivity index (χ3n) is 3.82. The standard InChI is InChI=1S/C18H15N3O5S2/c1-28(25,26)15-7-5-12(6-8-15)9-17(22)20-18-19-16(11-27-18)13-3-2-4-14(10-13)21(23)24/h2-8,10-11H,9H2,1H3,(H,19,20,22). The summed E-state index contributed by atoms with van der Waals surface area (Å²) in [6.45, 7) is 0. The second-order valence-corrected chi connectivity index (χ2v) is 8.86. The molecule has 1 amide bonds. The summed E-state index contributed by atoms with van der Waals surface area (Å²) in [7, 11) is -3.28. The molecule has 0 radical (unpaired) electrons. The zero-order chi connectivity index (χ0) is 20.3. The molecule has 0 saturated heterocycles. The molecule has 0 aliphatic heterocycles. The Balaban J connectivity index is 1.67. The minimum absolute atomic E-state index is 0.0337. The van der Waals surface area contributed by atoms with Crippen LogP contribution in [0.5, 0.6) is 0 Å². The average Bonchev–Trinajstić information content (AvgIpc) is 3.10. The van der Waals surface area contributed by atoms with Crippen LogP contribution < -0.4 is 5.32 Å². The maximum Gasteiger partial charge on any atom is 0.270 e. The topological polar surface area (TPSA) is 119 Å². The first-order valence-corrected chi connectivity index (χ1v) is 10.8. The van der Waals surface area contributed by atoms with Crippen LogP contribution in [0.1, 0.15) is 5.56 Å². The van der Waals surface area contributed by atoms with E-state index in [1.165, 1.54) is 35.6 Å². The number of nitrogens with one attached hydrogen (secondary N) is 1. The molecule has 0 unspecified atom stereocenters. The van der Waals surface area contributed by atoms with Crippen molar-refractivity contribution in [1.29, 1.82) is 0 Å². The van der Waals surface area contributed by atoms with Gasteiger partial charge >= 0.3 is 0 Å². The Morgan fingerprint density at radius 2 is 1.93 bits per heavy atom. The molecule has 3 rings (SSSR count). The van der Waals surface area contributed by atoms with Crippen molar-refractivity contribution in [2.24, 2.45) is 0 Å². The molecule has 0 saturated carbocycles. The Hall–Kier alpha value is -3.11. The number of carbonyl (C=O) groups is 1. The molecule has 0 fully saturated rings. The van der Waals surface area contributed by atoms with Gasteiger partial charge in [0, 0.05) is 29.3 Å². The van der Waals surface area contributed by atoms with Crippen LogP contribution in [0.4, 0.5) is 10.8 Å². The minimum atomic E-state index is -3.28. The van der Waals surface area contributed by atoms with Crippen LogP contribution in [0.25, 0.3) is 11.3 Å². The van der Waals surface area contributed by atoms with Gasteiger partial charge in [0.1, 0.15) is 0 Å². The van der Waals surface area contributed by atoms with Crippen LogP contribution in [0.2, 0.25) is 0 Å². The fourth-order valence-electron chi connectivity index (χ4n) is 2.45. The monoisotopic (exact) mass is 417 g/mol. The van der Waals surface area contributed by atoms with E-state index in [-0.39, 0.29) is 22.9 Å².